The zero-order valence-corrected chi connectivity index (χ0v) is 17.8. The van der Waals surface area contributed by atoms with Gasteiger partial charge in [0.25, 0.3) is 5.91 Å². The van der Waals surface area contributed by atoms with Crippen LogP contribution in [0.1, 0.15) is 27.2 Å². The number of nitrogens with two attached hydrogens (primary N) is 1. The summed E-state index contributed by atoms with van der Waals surface area (Å²) in [7, 11) is 0. The summed E-state index contributed by atoms with van der Waals surface area (Å²) < 4.78 is 46.8. The number of hydrogen-bond acceptors (Lipinski definition) is 5. The van der Waals surface area contributed by atoms with Crippen molar-refractivity contribution < 1.29 is 22.7 Å². The molecule has 0 radical (unpaired) electrons. The largest absolute Gasteiger partial charge is 0.380 e. The lowest BCUT2D eigenvalue weighted by atomic mass is 10.1. The van der Waals surface area contributed by atoms with Gasteiger partial charge in [-0.25, -0.2) is 13.2 Å². The number of anilines is 2. The van der Waals surface area contributed by atoms with Crippen molar-refractivity contribution in [2.75, 3.05) is 36.5 Å². The van der Waals surface area contributed by atoms with Gasteiger partial charge < -0.3 is 20.7 Å². The van der Waals surface area contributed by atoms with Crippen molar-refractivity contribution in [1.29, 1.82) is 0 Å². The molecule has 4 rings (SSSR count). The molecule has 2 heterocycles. The highest BCUT2D eigenvalue weighted by atomic mass is 19.2. The third-order valence-electron chi connectivity index (χ3n) is 5.52. The average Bonchev–Trinajstić information content (AvgIpc) is 2.82. The summed E-state index contributed by atoms with van der Waals surface area (Å²) in [5.41, 5.74) is 8.02. The molecule has 0 unspecified atom stereocenters. The lowest BCUT2D eigenvalue weighted by Crippen LogP contribution is -2.36. The summed E-state index contributed by atoms with van der Waals surface area (Å²) in [6.45, 7) is 2.73. The van der Waals surface area contributed by atoms with Gasteiger partial charge in [-0.15, -0.1) is 0 Å². The molecule has 1 fully saturated rings. The maximum Gasteiger partial charge on any atom is 0.252 e. The number of nitrogens with zero attached hydrogens (tertiary/aromatic N) is 2. The van der Waals surface area contributed by atoms with Gasteiger partial charge in [0.1, 0.15) is 5.82 Å². The highest BCUT2D eigenvalue weighted by molar-refractivity contribution is 5.98. The predicted octanol–water partition coefficient (Wildman–Crippen LogP) is 3.64. The number of benzene rings is 2. The van der Waals surface area contributed by atoms with Crippen molar-refractivity contribution in [2.45, 2.75) is 13.0 Å². The fourth-order valence-corrected chi connectivity index (χ4v) is 3.71. The molecule has 3 N–H and O–H groups in total. The third-order valence-corrected chi connectivity index (χ3v) is 5.52. The molecule has 0 spiro atoms. The lowest BCUT2D eigenvalue weighted by molar-refractivity contribution is 0.100. The van der Waals surface area contributed by atoms with Crippen LogP contribution < -0.4 is 16.0 Å². The molecule has 1 amide bonds. The molecular weight excluding hydrogens is 433 g/mol. The summed E-state index contributed by atoms with van der Waals surface area (Å²) in [5.74, 6) is -4.07. The van der Waals surface area contributed by atoms with Crippen LogP contribution in [0.4, 0.5) is 24.5 Å². The first kappa shape index (κ1) is 22.6. The van der Waals surface area contributed by atoms with E-state index in [1.807, 2.05) is 24.3 Å². The number of nitrogens with one attached hydrogen (secondary N) is 1. The minimum Gasteiger partial charge on any atom is -0.380 e. The topological polar surface area (TPSA) is 80.5 Å². The monoisotopic (exact) mass is 456 g/mol. The van der Waals surface area contributed by atoms with Crippen LogP contribution in [-0.2, 0) is 17.7 Å². The lowest BCUT2D eigenvalue weighted by Gasteiger charge is -2.28. The fourth-order valence-electron chi connectivity index (χ4n) is 3.71. The van der Waals surface area contributed by atoms with Crippen molar-refractivity contribution in [3.8, 4) is 0 Å². The normalized spacial score (nSPS) is 13.7. The molecule has 1 saturated heterocycles. The van der Waals surface area contributed by atoms with Gasteiger partial charge in [0.05, 0.1) is 24.5 Å². The second-order valence-electron chi connectivity index (χ2n) is 7.70. The smallest absolute Gasteiger partial charge is 0.252 e. The number of carbonyl (C=O) groups is 1. The second kappa shape index (κ2) is 9.91. The Kier molecular flexibility index (Phi) is 6.79. The Hall–Kier alpha value is -3.59. The van der Waals surface area contributed by atoms with Crippen LogP contribution in [0.15, 0.2) is 48.7 Å². The first-order valence-corrected chi connectivity index (χ1v) is 10.5. The molecule has 1 aliphatic heterocycles. The van der Waals surface area contributed by atoms with Gasteiger partial charge in [0, 0.05) is 49.2 Å². The van der Waals surface area contributed by atoms with Crippen LogP contribution in [0.25, 0.3) is 0 Å². The molecule has 0 aliphatic carbocycles. The molecule has 0 saturated carbocycles. The molecule has 1 aliphatic rings. The van der Waals surface area contributed by atoms with E-state index in [1.54, 1.807) is 6.07 Å². The van der Waals surface area contributed by atoms with E-state index in [2.05, 4.69) is 15.2 Å². The van der Waals surface area contributed by atoms with E-state index < -0.39 is 28.9 Å². The number of pyridine rings is 1. The second-order valence-corrected chi connectivity index (χ2v) is 7.70. The number of amides is 1. The number of aromatic nitrogens is 1. The van der Waals surface area contributed by atoms with Crippen molar-refractivity contribution in [1.82, 2.24) is 4.98 Å². The Morgan fingerprint density at radius 1 is 1.06 bits per heavy atom. The van der Waals surface area contributed by atoms with Crippen LogP contribution in [0.3, 0.4) is 0 Å². The number of rotatable bonds is 7. The highest BCUT2D eigenvalue weighted by Gasteiger charge is 2.16. The molecule has 33 heavy (non-hydrogen) atoms. The maximum atomic E-state index is 14.0. The summed E-state index contributed by atoms with van der Waals surface area (Å²) in [6.07, 6.45) is 1.79. The standard InChI is InChI=1S/C24H23F3N4O2/c25-20-5-6-21(26)23(27)18(20)13-30-22-12-16(29-14-19(22)24(28)32)11-15-1-3-17(4-2-15)31-7-9-33-10-8-31/h1-6,12,14H,7-11,13H2,(H2,28,32)(H,29,30). The molecule has 172 valence electrons. The Morgan fingerprint density at radius 2 is 1.76 bits per heavy atom. The van der Waals surface area contributed by atoms with Crippen molar-refractivity contribution in [2.24, 2.45) is 5.73 Å². The van der Waals surface area contributed by atoms with E-state index >= 15 is 0 Å². The van der Waals surface area contributed by atoms with E-state index in [0.29, 0.717) is 25.3 Å². The number of ether oxygens (including phenoxy) is 1. The Bertz CT molecular complexity index is 1150. The summed E-state index contributed by atoms with van der Waals surface area (Å²) in [5, 5.41) is 2.79. The van der Waals surface area contributed by atoms with Crippen molar-refractivity contribution in [3.05, 3.63) is 88.5 Å². The Labute approximate surface area is 189 Å². The first-order valence-electron chi connectivity index (χ1n) is 10.5. The summed E-state index contributed by atoms with van der Waals surface area (Å²) in [6, 6.07) is 11.2. The molecular formula is C24H23F3N4O2. The van der Waals surface area contributed by atoms with Gasteiger partial charge in [-0.3, -0.25) is 9.78 Å². The van der Waals surface area contributed by atoms with E-state index in [4.69, 9.17) is 10.5 Å². The number of halogens is 3. The minimum atomic E-state index is -1.28. The van der Waals surface area contributed by atoms with Gasteiger partial charge in [-0.2, -0.15) is 0 Å². The minimum absolute atomic E-state index is 0.0682. The van der Waals surface area contributed by atoms with Gasteiger partial charge in [-0.1, -0.05) is 12.1 Å². The molecule has 0 bridgehead atoms. The van der Waals surface area contributed by atoms with E-state index in [0.717, 1.165) is 36.5 Å². The molecule has 1 aromatic heterocycles. The van der Waals surface area contributed by atoms with Crippen molar-refractivity contribution in [3.63, 3.8) is 0 Å². The van der Waals surface area contributed by atoms with Gasteiger partial charge >= 0.3 is 0 Å². The summed E-state index contributed by atoms with van der Waals surface area (Å²) >= 11 is 0. The van der Waals surface area contributed by atoms with Gasteiger partial charge in [-0.05, 0) is 35.9 Å². The van der Waals surface area contributed by atoms with Crippen LogP contribution >= 0.6 is 0 Å². The van der Waals surface area contributed by atoms with Gasteiger partial charge in [0.2, 0.25) is 0 Å². The molecule has 3 aromatic rings. The average molecular weight is 456 g/mol. The Balaban J connectivity index is 1.51. The number of morpholine rings is 1. The predicted molar refractivity (Wildman–Crippen MR) is 119 cm³/mol. The fraction of sp³-hybridized carbons (Fsp3) is 0.250. The van der Waals surface area contributed by atoms with E-state index in [9.17, 15) is 18.0 Å². The van der Waals surface area contributed by atoms with Gasteiger partial charge in [0.15, 0.2) is 11.6 Å². The van der Waals surface area contributed by atoms with E-state index in [1.165, 1.54) is 6.20 Å². The van der Waals surface area contributed by atoms with Crippen molar-refractivity contribution >= 4 is 17.3 Å². The van der Waals surface area contributed by atoms with E-state index in [-0.39, 0.29) is 17.8 Å². The number of primary amides is 1. The van der Waals surface area contributed by atoms with Crippen LogP contribution in [0.2, 0.25) is 0 Å². The SMILES string of the molecule is NC(=O)c1cnc(Cc2ccc(N3CCOCC3)cc2)cc1NCc1c(F)ccc(F)c1F. The number of hydrogen-bond donors (Lipinski definition) is 2. The number of carbonyl (C=O) groups excluding carboxylic acids is 1. The maximum absolute atomic E-state index is 14.0. The Morgan fingerprint density at radius 3 is 2.45 bits per heavy atom. The highest BCUT2D eigenvalue weighted by Crippen LogP contribution is 2.23. The third kappa shape index (κ3) is 5.25. The molecule has 6 nitrogen and oxygen atoms in total. The summed E-state index contributed by atoms with van der Waals surface area (Å²) in [4.78, 5) is 18.3. The molecule has 0 atom stereocenters. The van der Waals surface area contributed by atoms with Crippen LogP contribution in [0, 0.1) is 17.5 Å². The quantitative estimate of drug-likeness (QED) is 0.531. The van der Waals surface area contributed by atoms with Crippen LogP contribution in [0.5, 0.6) is 0 Å². The zero-order chi connectivity index (χ0) is 23.4. The first-order chi connectivity index (χ1) is 15.9. The molecule has 2 aromatic carbocycles. The zero-order valence-electron chi connectivity index (χ0n) is 17.8. The van der Waals surface area contributed by atoms with Crippen LogP contribution in [-0.4, -0.2) is 37.2 Å². The molecule has 9 heteroatoms.